The van der Waals surface area contributed by atoms with E-state index < -0.39 is 4.92 Å². The third-order valence-electron chi connectivity index (χ3n) is 3.92. The van der Waals surface area contributed by atoms with Crippen LogP contribution in [0.1, 0.15) is 31.7 Å². The number of likely N-dealkylation sites (tertiary alicyclic amines) is 1. The number of nitro groups is 1. The molecule has 0 radical (unpaired) electrons. The number of rotatable bonds is 5. The summed E-state index contributed by atoms with van der Waals surface area (Å²) in [4.78, 5) is 13.0. The van der Waals surface area contributed by atoms with Crippen LogP contribution in [0, 0.1) is 21.4 Å². The van der Waals surface area contributed by atoms with Crippen LogP contribution < -0.4 is 5.32 Å². The van der Waals surface area contributed by atoms with Gasteiger partial charge in [0, 0.05) is 18.7 Å². The molecule has 0 aromatic heterocycles. The van der Waals surface area contributed by atoms with Crippen LogP contribution in [-0.4, -0.2) is 35.5 Å². The van der Waals surface area contributed by atoms with Crippen LogP contribution in [0.3, 0.4) is 0 Å². The van der Waals surface area contributed by atoms with E-state index in [0.29, 0.717) is 23.8 Å². The molecule has 1 heterocycles. The van der Waals surface area contributed by atoms with E-state index in [1.165, 1.54) is 31.4 Å². The van der Waals surface area contributed by atoms with E-state index in [1.807, 2.05) is 6.07 Å². The van der Waals surface area contributed by atoms with Crippen molar-refractivity contribution in [2.75, 3.05) is 25.0 Å². The van der Waals surface area contributed by atoms with Gasteiger partial charge in [0.25, 0.3) is 5.69 Å². The van der Waals surface area contributed by atoms with E-state index in [4.69, 9.17) is 5.26 Å². The van der Waals surface area contributed by atoms with Crippen molar-refractivity contribution in [3.8, 4) is 6.07 Å². The SMILES string of the molecule is CC(CNc1cc(C#N)ccc1[N+](=O)[O-])N1CCCCC1. The molecule has 1 aliphatic rings. The van der Waals surface area contributed by atoms with Gasteiger partial charge in [-0.2, -0.15) is 5.26 Å². The Morgan fingerprint density at radius 2 is 2.14 bits per heavy atom. The minimum absolute atomic E-state index is 0.0137. The zero-order valence-corrected chi connectivity index (χ0v) is 12.2. The molecule has 1 aromatic rings. The summed E-state index contributed by atoms with van der Waals surface area (Å²) in [6.45, 7) is 4.93. The monoisotopic (exact) mass is 288 g/mol. The summed E-state index contributed by atoms with van der Waals surface area (Å²) < 4.78 is 0. The second-order valence-electron chi connectivity index (χ2n) is 5.43. The van der Waals surface area contributed by atoms with Crippen molar-refractivity contribution in [2.24, 2.45) is 0 Å². The molecule has 1 aliphatic heterocycles. The topological polar surface area (TPSA) is 82.2 Å². The van der Waals surface area contributed by atoms with Crippen LogP contribution in [0.4, 0.5) is 11.4 Å². The highest BCUT2D eigenvalue weighted by Crippen LogP contribution is 2.25. The normalized spacial score (nSPS) is 17.0. The average molecular weight is 288 g/mol. The van der Waals surface area contributed by atoms with Gasteiger partial charge in [-0.1, -0.05) is 6.42 Å². The van der Waals surface area contributed by atoms with Crippen molar-refractivity contribution < 1.29 is 4.92 Å². The van der Waals surface area contributed by atoms with Crippen molar-refractivity contribution in [1.82, 2.24) is 4.90 Å². The van der Waals surface area contributed by atoms with Crippen LogP contribution in [0.25, 0.3) is 0 Å². The van der Waals surface area contributed by atoms with Crippen LogP contribution in [-0.2, 0) is 0 Å². The third kappa shape index (κ3) is 3.92. The van der Waals surface area contributed by atoms with Crippen molar-refractivity contribution in [3.63, 3.8) is 0 Å². The molecule has 6 heteroatoms. The van der Waals surface area contributed by atoms with Crippen LogP contribution in [0.15, 0.2) is 18.2 Å². The van der Waals surface area contributed by atoms with E-state index in [9.17, 15) is 10.1 Å². The molecule has 0 saturated carbocycles. The number of nitrogens with one attached hydrogen (secondary N) is 1. The lowest BCUT2D eigenvalue weighted by molar-refractivity contribution is -0.384. The molecule has 0 aliphatic carbocycles. The van der Waals surface area contributed by atoms with Gasteiger partial charge in [-0.05, 0) is 45.0 Å². The first-order valence-electron chi connectivity index (χ1n) is 7.28. The largest absolute Gasteiger partial charge is 0.378 e. The fraction of sp³-hybridized carbons (Fsp3) is 0.533. The van der Waals surface area contributed by atoms with Gasteiger partial charge < -0.3 is 5.32 Å². The summed E-state index contributed by atoms with van der Waals surface area (Å²) >= 11 is 0. The third-order valence-corrected chi connectivity index (χ3v) is 3.92. The Morgan fingerprint density at radius 1 is 1.43 bits per heavy atom. The highest BCUT2D eigenvalue weighted by atomic mass is 16.6. The number of hydrogen-bond acceptors (Lipinski definition) is 5. The van der Waals surface area contributed by atoms with Gasteiger partial charge in [-0.15, -0.1) is 0 Å². The fourth-order valence-electron chi connectivity index (χ4n) is 2.65. The molecule has 0 amide bonds. The first-order valence-corrected chi connectivity index (χ1v) is 7.28. The summed E-state index contributed by atoms with van der Waals surface area (Å²) in [5, 5.41) is 23.1. The Hall–Kier alpha value is -2.13. The number of nitriles is 1. The molecule has 21 heavy (non-hydrogen) atoms. The zero-order chi connectivity index (χ0) is 15.2. The number of piperidine rings is 1. The van der Waals surface area contributed by atoms with Gasteiger partial charge in [-0.3, -0.25) is 15.0 Å². The number of anilines is 1. The zero-order valence-electron chi connectivity index (χ0n) is 12.2. The Kier molecular flexibility index (Phi) is 5.12. The van der Waals surface area contributed by atoms with Crippen molar-refractivity contribution >= 4 is 11.4 Å². The average Bonchev–Trinajstić information content (AvgIpc) is 2.52. The first-order chi connectivity index (χ1) is 10.1. The Balaban J connectivity index is 2.04. The predicted molar refractivity (Wildman–Crippen MR) is 81.2 cm³/mol. The minimum atomic E-state index is -0.422. The molecule has 0 spiro atoms. The van der Waals surface area contributed by atoms with Gasteiger partial charge in [0.2, 0.25) is 0 Å². The van der Waals surface area contributed by atoms with Gasteiger partial charge in [-0.25, -0.2) is 0 Å². The maximum atomic E-state index is 11.0. The minimum Gasteiger partial charge on any atom is -0.378 e. The van der Waals surface area contributed by atoms with Crippen molar-refractivity contribution in [2.45, 2.75) is 32.2 Å². The molecule has 112 valence electrons. The van der Waals surface area contributed by atoms with Crippen LogP contribution >= 0.6 is 0 Å². The molecular weight excluding hydrogens is 268 g/mol. The second-order valence-corrected chi connectivity index (χ2v) is 5.43. The lowest BCUT2D eigenvalue weighted by Gasteiger charge is -2.32. The quantitative estimate of drug-likeness (QED) is 0.665. The summed E-state index contributed by atoms with van der Waals surface area (Å²) in [6, 6.07) is 6.72. The van der Waals surface area contributed by atoms with E-state index in [1.54, 1.807) is 6.07 Å². The maximum absolute atomic E-state index is 11.0. The molecule has 1 saturated heterocycles. The molecule has 1 atom stereocenters. The summed E-state index contributed by atoms with van der Waals surface area (Å²) in [5.41, 5.74) is 0.858. The number of benzene rings is 1. The van der Waals surface area contributed by atoms with Gasteiger partial charge in [0.1, 0.15) is 5.69 Å². The number of nitro benzene ring substituents is 1. The first kappa shape index (κ1) is 15.3. The molecule has 1 unspecified atom stereocenters. The van der Waals surface area contributed by atoms with Crippen molar-refractivity contribution in [1.29, 1.82) is 5.26 Å². The summed E-state index contributed by atoms with van der Waals surface area (Å²) in [5.74, 6) is 0. The Bertz CT molecular complexity index is 547. The molecule has 0 bridgehead atoms. The highest BCUT2D eigenvalue weighted by molar-refractivity contribution is 5.64. The van der Waals surface area contributed by atoms with E-state index in [0.717, 1.165) is 13.1 Å². The lowest BCUT2D eigenvalue weighted by Crippen LogP contribution is -2.41. The number of nitrogens with zero attached hydrogens (tertiary/aromatic N) is 3. The predicted octanol–water partition coefficient (Wildman–Crippen LogP) is 2.75. The van der Waals surface area contributed by atoms with E-state index in [-0.39, 0.29) is 5.69 Å². The van der Waals surface area contributed by atoms with Gasteiger partial charge in [0.15, 0.2) is 0 Å². The Labute approximate surface area is 124 Å². The molecule has 1 fully saturated rings. The molecule has 1 N–H and O–H groups in total. The molecule has 2 rings (SSSR count). The maximum Gasteiger partial charge on any atom is 0.292 e. The standard InChI is InChI=1S/C15H20N4O2/c1-12(18-7-3-2-4-8-18)11-17-14-9-13(10-16)5-6-15(14)19(20)21/h5-6,9,12,17H,2-4,7-8,11H2,1H3. The molecular formula is C15H20N4O2. The molecule has 1 aromatic carbocycles. The fourth-order valence-corrected chi connectivity index (χ4v) is 2.65. The molecule has 6 nitrogen and oxygen atoms in total. The summed E-state index contributed by atoms with van der Waals surface area (Å²) in [6.07, 6.45) is 3.72. The van der Waals surface area contributed by atoms with Crippen LogP contribution in [0.5, 0.6) is 0 Å². The van der Waals surface area contributed by atoms with E-state index >= 15 is 0 Å². The summed E-state index contributed by atoms with van der Waals surface area (Å²) in [7, 11) is 0. The smallest absolute Gasteiger partial charge is 0.292 e. The number of hydrogen-bond donors (Lipinski definition) is 1. The van der Waals surface area contributed by atoms with Crippen molar-refractivity contribution in [3.05, 3.63) is 33.9 Å². The highest BCUT2D eigenvalue weighted by Gasteiger charge is 2.19. The van der Waals surface area contributed by atoms with Gasteiger partial charge in [0.05, 0.1) is 16.6 Å². The Morgan fingerprint density at radius 3 is 2.76 bits per heavy atom. The van der Waals surface area contributed by atoms with E-state index in [2.05, 4.69) is 17.1 Å². The van der Waals surface area contributed by atoms with Gasteiger partial charge >= 0.3 is 0 Å². The lowest BCUT2D eigenvalue weighted by atomic mass is 10.1. The second kappa shape index (κ2) is 7.04. The van der Waals surface area contributed by atoms with Crippen LogP contribution in [0.2, 0.25) is 0 Å².